The first-order valence-corrected chi connectivity index (χ1v) is 6.49. The molecule has 0 unspecified atom stereocenters. The molecule has 0 heterocycles. The minimum Gasteiger partial charge on any atom is -1.00 e. The third-order valence-electron chi connectivity index (χ3n) is 1.24. The molecule has 0 bridgehead atoms. The molecular formula is C9H22KO2P. The largest absolute Gasteiger partial charge is 1.00 e. The van der Waals surface area contributed by atoms with Crippen LogP contribution in [0.5, 0.6) is 0 Å². The molecule has 0 spiro atoms. The molecule has 2 nitrogen and oxygen atoms in total. The van der Waals surface area contributed by atoms with Crippen LogP contribution < -0.4 is 51.4 Å². The number of unbranched alkanes of at least 4 members (excludes halogenated alkanes) is 3. The first kappa shape index (κ1) is 20.0. The zero-order chi connectivity index (χ0) is 9.82. The van der Waals surface area contributed by atoms with E-state index in [1.54, 1.807) is 0 Å². The van der Waals surface area contributed by atoms with Crippen LogP contribution in [0.2, 0.25) is 0 Å². The number of carbonyl (C=O) groups is 1. The van der Waals surface area contributed by atoms with Gasteiger partial charge in [-0.2, -0.15) is 0 Å². The molecule has 0 rings (SSSR count). The molecule has 4 heteroatoms. The van der Waals surface area contributed by atoms with Crippen LogP contribution in [0, 0.1) is 0 Å². The summed E-state index contributed by atoms with van der Waals surface area (Å²) in [5, 5.41) is 8.21. The average molecular weight is 232 g/mol. The molecule has 0 aliphatic rings. The molecule has 0 atom stereocenters. The number of aliphatic carboxylic acids is 1. The van der Waals surface area contributed by atoms with Crippen LogP contribution in [0.25, 0.3) is 0 Å². The van der Waals surface area contributed by atoms with Gasteiger partial charge in [0, 0.05) is 6.42 Å². The minimum atomic E-state index is -0.675. The molecule has 13 heavy (non-hydrogen) atoms. The van der Waals surface area contributed by atoms with Gasteiger partial charge in [-0.05, 0) is 19.8 Å². The van der Waals surface area contributed by atoms with Crippen molar-refractivity contribution in [2.45, 2.75) is 39.0 Å². The Hall–Kier alpha value is 1.54. The number of hydrogen-bond acceptors (Lipinski definition) is 1. The second-order valence-corrected chi connectivity index (χ2v) is 3.70. The van der Waals surface area contributed by atoms with Gasteiger partial charge in [0.25, 0.3) is 0 Å². The summed E-state index contributed by atoms with van der Waals surface area (Å²) in [6.07, 6.45) is 4.55. The van der Waals surface area contributed by atoms with Crippen molar-refractivity contribution in [3.63, 3.8) is 0 Å². The van der Waals surface area contributed by atoms with Gasteiger partial charge in [0.1, 0.15) is 0 Å². The van der Waals surface area contributed by atoms with Crippen molar-refractivity contribution in [2.24, 2.45) is 0 Å². The number of carboxylic acid groups (broad SMARTS) is 1. The third kappa shape index (κ3) is 31.7. The molecule has 0 aromatic heterocycles. The quantitative estimate of drug-likeness (QED) is 0.414. The fraction of sp³-hybridized carbons (Fsp3) is 0.889. The first-order chi connectivity index (χ1) is 5.68. The molecule has 0 fully saturated rings. The molecule has 1 N–H and O–H groups in total. The van der Waals surface area contributed by atoms with Gasteiger partial charge in [0.05, 0.1) is 0 Å². The van der Waals surface area contributed by atoms with Crippen molar-refractivity contribution in [3.05, 3.63) is 0 Å². The Morgan fingerprint density at radius 3 is 2.08 bits per heavy atom. The summed E-state index contributed by atoms with van der Waals surface area (Å²) in [5.41, 5.74) is 0. The average Bonchev–Trinajstić information content (AvgIpc) is 1.99. The smallest absolute Gasteiger partial charge is 1.00 e. The second kappa shape index (κ2) is 19.2. The molecule has 0 saturated heterocycles. The maximum absolute atomic E-state index is 9.96. The van der Waals surface area contributed by atoms with Gasteiger partial charge in [-0.3, -0.25) is 4.79 Å². The van der Waals surface area contributed by atoms with Gasteiger partial charge >= 0.3 is 57.4 Å². The molecule has 0 aromatic carbocycles. The van der Waals surface area contributed by atoms with Gasteiger partial charge in [-0.1, -0.05) is 26.2 Å². The summed E-state index contributed by atoms with van der Waals surface area (Å²) in [4.78, 5) is 9.96. The van der Waals surface area contributed by atoms with E-state index >= 15 is 0 Å². The summed E-state index contributed by atoms with van der Waals surface area (Å²) >= 11 is 0. The molecule has 0 saturated carbocycles. The van der Waals surface area contributed by atoms with Crippen molar-refractivity contribution in [3.8, 4) is 0 Å². The van der Waals surface area contributed by atoms with E-state index in [9.17, 15) is 4.79 Å². The first-order valence-electron chi connectivity index (χ1n) is 4.49. The van der Waals surface area contributed by atoms with Gasteiger partial charge in [-0.15, -0.1) is 8.58 Å². The van der Waals surface area contributed by atoms with E-state index in [1.165, 1.54) is 6.42 Å². The second-order valence-electron chi connectivity index (χ2n) is 2.70. The van der Waals surface area contributed by atoms with E-state index in [0.29, 0.717) is 6.42 Å². The van der Waals surface area contributed by atoms with Crippen molar-refractivity contribution in [1.29, 1.82) is 0 Å². The zero-order valence-electron chi connectivity index (χ0n) is 10.4. The third-order valence-corrected chi connectivity index (χ3v) is 1.24. The van der Waals surface area contributed by atoms with E-state index in [0.717, 1.165) is 27.8 Å². The number of rotatable bonds is 5. The van der Waals surface area contributed by atoms with Crippen LogP contribution in [0.15, 0.2) is 0 Å². The Bertz CT molecular complexity index is 105. The van der Waals surface area contributed by atoms with Crippen molar-refractivity contribution < 1.29 is 62.7 Å². The normalized spacial score (nSPS) is 7.92. The van der Waals surface area contributed by atoms with Crippen LogP contribution in [0.3, 0.4) is 0 Å². The van der Waals surface area contributed by atoms with E-state index in [4.69, 9.17) is 5.11 Å². The minimum absolute atomic E-state index is 0. The van der Waals surface area contributed by atoms with E-state index in [2.05, 4.69) is 20.3 Å². The number of carboxylic acids is 1. The van der Waals surface area contributed by atoms with E-state index in [1.807, 2.05) is 0 Å². The fourth-order valence-corrected chi connectivity index (χ4v) is 0.703. The zero-order valence-corrected chi connectivity index (χ0v) is 13.5. The van der Waals surface area contributed by atoms with Gasteiger partial charge < -0.3 is 6.53 Å². The molecular weight excluding hydrogens is 210 g/mol. The molecule has 0 aliphatic heterocycles. The van der Waals surface area contributed by atoms with Crippen molar-refractivity contribution in [1.82, 2.24) is 0 Å². The Kier molecular flexibility index (Phi) is 29.5. The molecule has 0 amide bonds. The van der Waals surface area contributed by atoms with E-state index in [-0.39, 0.29) is 52.8 Å². The Morgan fingerprint density at radius 1 is 1.31 bits per heavy atom. The van der Waals surface area contributed by atoms with Crippen molar-refractivity contribution >= 4 is 14.6 Å². The van der Waals surface area contributed by atoms with Crippen LogP contribution >= 0.6 is 8.58 Å². The van der Waals surface area contributed by atoms with Crippen LogP contribution in [0.4, 0.5) is 0 Å². The topological polar surface area (TPSA) is 37.3 Å². The monoisotopic (exact) mass is 232 g/mol. The van der Waals surface area contributed by atoms with Gasteiger partial charge in [0.2, 0.25) is 0 Å². The van der Waals surface area contributed by atoms with Gasteiger partial charge in [0.15, 0.2) is 0 Å². The summed E-state index contributed by atoms with van der Waals surface area (Å²) in [6, 6.07) is 0. The summed E-state index contributed by atoms with van der Waals surface area (Å²) in [7, 11) is 1.08. The summed E-state index contributed by atoms with van der Waals surface area (Å²) < 4.78 is 0. The fourth-order valence-electron chi connectivity index (χ4n) is 0.703. The Morgan fingerprint density at radius 2 is 1.77 bits per heavy atom. The van der Waals surface area contributed by atoms with Crippen LogP contribution in [0.1, 0.15) is 40.5 Å². The maximum Gasteiger partial charge on any atom is 1.00 e. The van der Waals surface area contributed by atoms with Gasteiger partial charge in [-0.25, -0.2) is 0 Å². The van der Waals surface area contributed by atoms with E-state index < -0.39 is 5.97 Å². The predicted octanol–water partition coefficient (Wildman–Crippen LogP) is 0.0824. The molecule has 0 radical (unpaired) electrons. The molecule has 76 valence electrons. The summed E-state index contributed by atoms with van der Waals surface area (Å²) in [6.45, 7) is 6.42. The maximum atomic E-state index is 9.96. The Balaban J connectivity index is -0.0000000891. The van der Waals surface area contributed by atoms with Crippen LogP contribution in [-0.4, -0.2) is 24.4 Å². The van der Waals surface area contributed by atoms with Crippen molar-refractivity contribution in [2.75, 3.05) is 13.3 Å². The molecule has 0 aliphatic carbocycles. The summed E-state index contributed by atoms with van der Waals surface area (Å²) in [5.74, 6) is -0.675. The van der Waals surface area contributed by atoms with Crippen LogP contribution in [-0.2, 0) is 4.79 Å². The standard InChI is InChI=1S/C7H14O2.C2H7P.K.H/c1-2-3-4-5-6-7(8)9;1-3-2;;/h2-6H2,1H3,(H,8,9);3H,1-2H3;;/q;;+1;-1. The SMILES string of the molecule is CCCCCCC(=O)O.CPC.[H-].[K+]. The Labute approximate surface area is 128 Å². The predicted molar refractivity (Wildman–Crippen MR) is 57.7 cm³/mol. The molecule has 0 aromatic rings. The number of hydrogen-bond donors (Lipinski definition) is 1.